The Morgan fingerprint density at radius 1 is 1.48 bits per heavy atom. The molecule has 2 aromatic heterocycles. The van der Waals surface area contributed by atoms with Crippen molar-refractivity contribution in [1.29, 1.82) is 0 Å². The van der Waals surface area contributed by atoms with Crippen molar-refractivity contribution in [2.45, 2.75) is 24.5 Å². The van der Waals surface area contributed by atoms with Gasteiger partial charge in [0, 0.05) is 0 Å². The lowest BCUT2D eigenvalue weighted by Gasteiger charge is -2.16. The van der Waals surface area contributed by atoms with Gasteiger partial charge >= 0.3 is 11.5 Å². The summed E-state index contributed by atoms with van der Waals surface area (Å²) in [6.07, 6.45) is -3.80. The lowest BCUT2D eigenvalue weighted by Crippen LogP contribution is -2.33. The summed E-state index contributed by atoms with van der Waals surface area (Å²) in [6.45, 7) is -0.520. The molecule has 0 unspecified atom stereocenters. The molecule has 0 radical (unpaired) electrons. The first-order valence-electron chi connectivity index (χ1n) is 6.42. The molecule has 5 N–H and O–H groups in total. The fourth-order valence-electron chi connectivity index (χ4n) is 2.45. The predicted octanol–water partition coefficient (Wildman–Crippen LogP) is -2.14. The van der Waals surface area contributed by atoms with Crippen LogP contribution < -0.4 is 11.3 Å². The number of rotatable bonds is 3. The number of hydrogen-bond acceptors (Lipinski definition) is 9. The molecule has 0 bridgehead atoms. The summed E-state index contributed by atoms with van der Waals surface area (Å²) in [5.74, 6) is -0.381. The Bertz CT molecular complexity index is 855. The summed E-state index contributed by atoms with van der Waals surface area (Å²) >= 11 is 0. The van der Waals surface area contributed by atoms with E-state index in [0.717, 1.165) is 11.0 Å². The van der Waals surface area contributed by atoms with Crippen LogP contribution in [0, 0.1) is 0 Å². The number of nitrogen functional groups attached to an aromatic ring is 1. The third-order valence-electron chi connectivity index (χ3n) is 3.52. The molecule has 0 saturated carbocycles. The van der Waals surface area contributed by atoms with Crippen LogP contribution in [0.4, 0.5) is 5.95 Å². The van der Waals surface area contributed by atoms with E-state index in [0.29, 0.717) is 0 Å². The normalized spacial score (nSPS) is 27.3. The number of aliphatic hydroxyl groups excluding tert-OH is 3. The van der Waals surface area contributed by atoms with Gasteiger partial charge in [-0.05, 0) is 5.22 Å². The van der Waals surface area contributed by atoms with Gasteiger partial charge in [0.2, 0.25) is 5.65 Å². The molecule has 0 spiro atoms. The largest absolute Gasteiger partial charge is 0.394 e. The molecule has 1 fully saturated rings. The van der Waals surface area contributed by atoms with E-state index in [-0.39, 0.29) is 17.1 Å². The van der Waals surface area contributed by atoms with Gasteiger partial charge in [0.05, 0.1) is 6.61 Å². The molecular weight excluding hydrogens is 312 g/mol. The molecule has 3 heterocycles. The molecule has 0 aliphatic carbocycles. The van der Waals surface area contributed by atoms with Crippen molar-refractivity contribution in [3.8, 4) is 0 Å². The fraction of sp³-hybridized carbons (Fsp3) is 0.500. The Hall–Kier alpha value is -2.70. The highest BCUT2D eigenvalue weighted by atomic mass is 16.6. The van der Waals surface area contributed by atoms with E-state index >= 15 is 0 Å². The summed E-state index contributed by atoms with van der Waals surface area (Å²) in [7, 11) is 0. The quantitative estimate of drug-likeness (QED) is 0.278. The molecule has 13 nitrogen and oxygen atoms in total. The Kier molecular flexibility index (Phi) is 3.63. The molecule has 13 heteroatoms. The zero-order valence-corrected chi connectivity index (χ0v) is 11.5. The van der Waals surface area contributed by atoms with Gasteiger partial charge in [0.1, 0.15) is 24.6 Å². The van der Waals surface area contributed by atoms with Crippen LogP contribution in [-0.4, -0.2) is 59.4 Å². The van der Waals surface area contributed by atoms with Gasteiger partial charge in [-0.2, -0.15) is 9.90 Å². The van der Waals surface area contributed by atoms with E-state index in [1.54, 1.807) is 0 Å². The second kappa shape index (κ2) is 5.49. The average Bonchev–Trinajstić information content (AvgIpc) is 3.07. The minimum absolute atomic E-state index is 0.0601. The minimum Gasteiger partial charge on any atom is -0.394 e. The number of fused-ring (bicyclic) bond motifs is 1. The van der Waals surface area contributed by atoms with Crippen LogP contribution >= 0.6 is 0 Å². The number of aliphatic hydroxyl groups is 3. The summed E-state index contributed by atoms with van der Waals surface area (Å²) in [4.78, 5) is 21.8. The molecule has 23 heavy (non-hydrogen) atoms. The SMILES string of the molecule is [N-]=[N+]=Nn1c(N)nc(=O)c2ncn([C@@H]3O[C@H](CO)[C@@H](O)[C@H]3O)c21. The number of azide groups is 1. The van der Waals surface area contributed by atoms with Gasteiger partial charge in [0.15, 0.2) is 11.7 Å². The highest BCUT2D eigenvalue weighted by Crippen LogP contribution is 2.31. The maximum atomic E-state index is 11.8. The van der Waals surface area contributed by atoms with Crippen LogP contribution in [0.1, 0.15) is 6.23 Å². The van der Waals surface area contributed by atoms with Crippen LogP contribution in [0.2, 0.25) is 0 Å². The second-order valence-electron chi connectivity index (χ2n) is 4.82. The lowest BCUT2D eigenvalue weighted by atomic mass is 10.1. The molecule has 1 aliphatic rings. The topological polar surface area (TPSA) is 197 Å². The van der Waals surface area contributed by atoms with E-state index in [2.05, 4.69) is 20.1 Å². The van der Waals surface area contributed by atoms with Gasteiger partial charge in [-0.15, -0.1) is 10.2 Å². The third kappa shape index (κ3) is 2.19. The molecule has 3 rings (SSSR count). The van der Waals surface area contributed by atoms with E-state index in [1.807, 2.05) is 0 Å². The zero-order chi connectivity index (χ0) is 16.7. The van der Waals surface area contributed by atoms with Crippen molar-refractivity contribution in [2.24, 2.45) is 5.22 Å². The number of imidazole rings is 1. The summed E-state index contributed by atoms with van der Waals surface area (Å²) in [5.41, 5.74) is 13.2. The second-order valence-corrected chi connectivity index (χ2v) is 4.82. The fourth-order valence-corrected chi connectivity index (χ4v) is 2.45. The van der Waals surface area contributed by atoms with Crippen LogP contribution in [0.5, 0.6) is 0 Å². The highest BCUT2D eigenvalue weighted by molar-refractivity contribution is 5.71. The molecule has 122 valence electrons. The van der Waals surface area contributed by atoms with Crippen molar-refractivity contribution in [3.63, 3.8) is 0 Å². The maximum Gasteiger partial charge on any atom is 0.306 e. The number of nitrogens with zero attached hydrogens (tertiary/aromatic N) is 7. The van der Waals surface area contributed by atoms with Crippen molar-refractivity contribution in [3.05, 3.63) is 27.1 Å². The first-order chi connectivity index (χ1) is 11.0. The first kappa shape index (κ1) is 15.2. The van der Waals surface area contributed by atoms with Crippen LogP contribution in [-0.2, 0) is 4.74 Å². The van der Waals surface area contributed by atoms with Gasteiger partial charge in [-0.3, -0.25) is 9.36 Å². The number of aromatic nitrogens is 4. The van der Waals surface area contributed by atoms with Crippen LogP contribution in [0.15, 0.2) is 16.3 Å². The average molecular weight is 324 g/mol. The minimum atomic E-state index is -1.41. The summed E-state index contributed by atoms with van der Waals surface area (Å²) < 4.78 is 7.35. The third-order valence-corrected chi connectivity index (χ3v) is 3.52. The molecule has 0 aromatic carbocycles. The van der Waals surface area contributed by atoms with Crippen molar-refractivity contribution in [2.75, 3.05) is 12.3 Å². The number of nitrogens with two attached hydrogens (primary N) is 1. The van der Waals surface area contributed by atoms with E-state index in [4.69, 9.17) is 21.1 Å². The number of anilines is 1. The van der Waals surface area contributed by atoms with Gasteiger partial charge in [-0.1, -0.05) is 0 Å². The van der Waals surface area contributed by atoms with Gasteiger partial charge in [0.25, 0.3) is 0 Å². The van der Waals surface area contributed by atoms with Crippen molar-refractivity contribution in [1.82, 2.24) is 19.2 Å². The highest BCUT2D eigenvalue weighted by Gasteiger charge is 2.44. The molecule has 1 saturated heterocycles. The van der Waals surface area contributed by atoms with E-state index in [1.165, 1.54) is 4.57 Å². The monoisotopic (exact) mass is 324 g/mol. The van der Waals surface area contributed by atoms with Crippen LogP contribution in [0.25, 0.3) is 21.6 Å². The molecule has 1 aliphatic heterocycles. The van der Waals surface area contributed by atoms with E-state index in [9.17, 15) is 15.0 Å². The lowest BCUT2D eigenvalue weighted by molar-refractivity contribution is -0.0512. The Balaban J connectivity index is 2.23. The van der Waals surface area contributed by atoms with Crippen molar-refractivity contribution < 1.29 is 20.1 Å². The van der Waals surface area contributed by atoms with Crippen LogP contribution in [0.3, 0.4) is 0 Å². The van der Waals surface area contributed by atoms with Gasteiger partial charge in [-0.25, -0.2) is 4.98 Å². The Morgan fingerprint density at radius 3 is 2.83 bits per heavy atom. The Morgan fingerprint density at radius 2 is 2.22 bits per heavy atom. The number of ether oxygens (including phenoxy) is 1. The predicted molar refractivity (Wildman–Crippen MR) is 73.8 cm³/mol. The van der Waals surface area contributed by atoms with Crippen molar-refractivity contribution >= 4 is 17.1 Å². The first-order valence-corrected chi connectivity index (χ1v) is 6.42. The van der Waals surface area contributed by atoms with Gasteiger partial charge < -0.3 is 25.8 Å². The summed E-state index contributed by atoms with van der Waals surface area (Å²) in [5, 5.41) is 32.4. The molecule has 0 amide bonds. The standard InChI is InChI=1S/C10H12N8O5/c11-10-14-7(22)4-8(18(10)16-15-12)17(2-13-4)9-6(21)5(20)3(1-19)23-9/h2-3,5-6,9,19-21H,1H2,(H2,11,14,22)/t3-,5-,6-,9-/m1/s1. The molecule has 4 atom stereocenters. The maximum absolute atomic E-state index is 11.8. The molecular formula is C10H12N8O5. The zero-order valence-electron chi connectivity index (χ0n) is 11.5. The number of hydrogen-bond donors (Lipinski definition) is 4. The Labute approximate surface area is 126 Å². The smallest absolute Gasteiger partial charge is 0.306 e. The van der Waals surface area contributed by atoms with E-state index < -0.39 is 36.7 Å². The molecule has 2 aromatic rings. The summed E-state index contributed by atoms with van der Waals surface area (Å²) in [6, 6.07) is 0.